The minimum absolute atomic E-state index is 0.0503. The van der Waals surface area contributed by atoms with Crippen LogP contribution in [0.1, 0.15) is 39.5 Å². The molecule has 1 aliphatic heterocycles. The molecule has 128 valence electrons. The smallest absolute Gasteiger partial charge is 0.243 e. The third-order valence-corrected chi connectivity index (χ3v) is 6.06. The monoisotopic (exact) mass is 338 g/mol. The summed E-state index contributed by atoms with van der Waals surface area (Å²) in [7, 11) is -3.61. The number of carbonyl (C=O) groups excluding carboxylic acids is 1. The van der Waals surface area contributed by atoms with Gasteiger partial charge in [-0.3, -0.25) is 4.79 Å². The summed E-state index contributed by atoms with van der Waals surface area (Å²) in [5.74, 6) is -0.0503. The topological polar surface area (TPSA) is 57.7 Å². The minimum Gasteiger partial charge on any atom is -0.341 e. The van der Waals surface area contributed by atoms with Gasteiger partial charge in [0.15, 0.2) is 0 Å². The summed E-state index contributed by atoms with van der Waals surface area (Å²) in [6, 6.07) is 7.82. The highest BCUT2D eigenvalue weighted by atomic mass is 32.2. The molecule has 1 saturated heterocycles. The van der Waals surface area contributed by atoms with Gasteiger partial charge in [0.1, 0.15) is 6.04 Å². The van der Waals surface area contributed by atoms with Gasteiger partial charge >= 0.3 is 0 Å². The van der Waals surface area contributed by atoms with Crippen LogP contribution >= 0.6 is 0 Å². The molecule has 0 aromatic heterocycles. The number of nitrogens with zero attached hydrogens (tertiary/aromatic N) is 2. The molecule has 6 heteroatoms. The molecule has 1 aromatic carbocycles. The van der Waals surface area contributed by atoms with Crippen LogP contribution in [-0.2, 0) is 14.8 Å². The van der Waals surface area contributed by atoms with Gasteiger partial charge in [0, 0.05) is 19.6 Å². The average molecular weight is 338 g/mol. The van der Waals surface area contributed by atoms with E-state index in [9.17, 15) is 13.2 Å². The second-order valence-corrected chi connectivity index (χ2v) is 7.80. The zero-order valence-electron chi connectivity index (χ0n) is 13.9. The molecule has 0 aliphatic carbocycles. The van der Waals surface area contributed by atoms with Crippen LogP contribution in [0.25, 0.3) is 0 Å². The van der Waals surface area contributed by atoms with Gasteiger partial charge in [-0.05, 0) is 37.8 Å². The molecule has 1 aromatic rings. The zero-order chi connectivity index (χ0) is 16.9. The molecule has 23 heavy (non-hydrogen) atoms. The van der Waals surface area contributed by atoms with Gasteiger partial charge < -0.3 is 4.90 Å². The summed E-state index contributed by atoms with van der Waals surface area (Å²) >= 11 is 0. The summed E-state index contributed by atoms with van der Waals surface area (Å²) in [4.78, 5) is 14.9. The average Bonchev–Trinajstić information content (AvgIpc) is 3.05. The van der Waals surface area contributed by atoms with Gasteiger partial charge in [-0.1, -0.05) is 32.0 Å². The number of sulfonamides is 1. The molecule has 0 N–H and O–H groups in total. The molecule has 1 unspecified atom stereocenters. The first-order valence-electron chi connectivity index (χ1n) is 8.38. The van der Waals surface area contributed by atoms with Crippen LogP contribution in [-0.4, -0.2) is 49.2 Å². The Hall–Kier alpha value is -1.40. The summed E-state index contributed by atoms with van der Waals surface area (Å²) in [6.07, 6.45) is 3.09. The second kappa shape index (κ2) is 7.93. The largest absolute Gasteiger partial charge is 0.341 e. The normalized spacial score (nSPS) is 19.0. The van der Waals surface area contributed by atoms with Crippen molar-refractivity contribution in [1.82, 2.24) is 9.21 Å². The Labute approximate surface area is 139 Å². The number of rotatable bonds is 7. The fourth-order valence-corrected chi connectivity index (χ4v) is 4.76. The lowest BCUT2D eigenvalue weighted by Gasteiger charge is -2.29. The van der Waals surface area contributed by atoms with Crippen LogP contribution in [0, 0.1) is 0 Å². The van der Waals surface area contributed by atoms with Crippen LogP contribution in [0.5, 0.6) is 0 Å². The molecule has 2 rings (SSSR count). The Morgan fingerprint density at radius 3 is 2.35 bits per heavy atom. The maximum absolute atomic E-state index is 12.8. The van der Waals surface area contributed by atoms with E-state index >= 15 is 0 Å². The van der Waals surface area contributed by atoms with Gasteiger partial charge in [-0.15, -0.1) is 0 Å². The van der Waals surface area contributed by atoms with Gasteiger partial charge in [-0.2, -0.15) is 4.31 Å². The number of carbonyl (C=O) groups is 1. The summed E-state index contributed by atoms with van der Waals surface area (Å²) in [6.45, 7) is 5.84. The predicted octanol–water partition coefficient (Wildman–Crippen LogP) is 2.49. The molecule has 1 heterocycles. The van der Waals surface area contributed by atoms with E-state index in [-0.39, 0.29) is 10.8 Å². The van der Waals surface area contributed by atoms with Gasteiger partial charge in [0.25, 0.3) is 0 Å². The van der Waals surface area contributed by atoms with Crippen molar-refractivity contribution in [3.63, 3.8) is 0 Å². The molecular formula is C17H26N2O3S. The van der Waals surface area contributed by atoms with Crippen molar-refractivity contribution >= 4 is 15.9 Å². The SMILES string of the molecule is CCCN(CCC)C(=O)C1CCCN1S(=O)(=O)c1ccccc1. The van der Waals surface area contributed by atoms with E-state index in [1.54, 1.807) is 30.3 Å². The van der Waals surface area contributed by atoms with E-state index in [0.717, 1.165) is 19.3 Å². The molecular weight excluding hydrogens is 312 g/mol. The first kappa shape index (κ1) is 17.9. The number of amides is 1. The summed E-state index contributed by atoms with van der Waals surface area (Å²) < 4.78 is 27.1. The van der Waals surface area contributed by atoms with Gasteiger partial charge in [-0.25, -0.2) is 8.42 Å². The van der Waals surface area contributed by atoms with Crippen molar-refractivity contribution in [3.8, 4) is 0 Å². The minimum atomic E-state index is -3.61. The number of hydrogen-bond acceptors (Lipinski definition) is 3. The van der Waals surface area contributed by atoms with E-state index in [2.05, 4.69) is 0 Å². The fourth-order valence-electron chi connectivity index (χ4n) is 3.09. The predicted molar refractivity (Wildman–Crippen MR) is 90.5 cm³/mol. The Balaban J connectivity index is 2.24. The summed E-state index contributed by atoms with van der Waals surface area (Å²) in [5.41, 5.74) is 0. The Kier molecular flexibility index (Phi) is 6.18. The van der Waals surface area contributed by atoms with Crippen molar-refractivity contribution in [2.45, 2.75) is 50.5 Å². The highest BCUT2D eigenvalue weighted by molar-refractivity contribution is 7.89. The number of hydrogen-bond donors (Lipinski definition) is 0. The van der Waals surface area contributed by atoms with E-state index < -0.39 is 16.1 Å². The Morgan fingerprint density at radius 2 is 1.78 bits per heavy atom. The third kappa shape index (κ3) is 3.93. The van der Waals surface area contributed by atoms with Crippen LogP contribution in [0.2, 0.25) is 0 Å². The lowest BCUT2D eigenvalue weighted by atomic mass is 10.2. The van der Waals surface area contributed by atoms with Crippen LogP contribution in [0.3, 0.4) is 0 Å². The standard InChI is InChI=1S/C17H26N2O3S/c1-3-12-18(13-4-2)17(20)16-11-8-14-19(16)23(21,22)15-9-6-5-7-10-15/h5-7,9-10,16H,3-4,8,11-14H2,1-2H3. The molecule has 0 spiro atoms. The molecule has 1 atom stereocenters. The summed E-state index contributed by atoms with van der Waals surface area (Å²) in [5, 5.41) is 0. The quantitative estimate of drug-likeness (QED) is 0.767. The highest BCUT2D eigenvalue weighted by Gasteiger charge is 2.40. The maximum Gasteiger partial charge on any atom is 0.243 e. The van der Waals surface area contributed by atoms with Gasteiger partial charge in [0.2, 0.25) is 15.9 Å². The Morgan fingerprint density at radius 1 is 1.17 bits per heavy atom. The lowest BCUT2D eigenvalue weighted by molar-refractivity contribution is -0.134. The van der Waals surface area contributed by atoms with Crippen molar-refractivity contribution < 1.29 is 13.2 Å². The first-order valence-corrected chi connectivity index (χ1v) is 9.82. The molecule has 1 aliphatic rings. The van der Waals surface area contributed by atoms with Crippen LogP contribution in [0.4, 0.5) is 0 Å². The lowest BCUT2D eigenvalue weighted by Crippen LogP contribution is -2.48. The fraction of sp³-hybridized carbons (Fsp3) is 0.588. The van der Waals surface area contributed by atoms with E-state index in [1.807, 2.05) is 18.7 Å². The molecule has 5 nitrogen and oxygen atoms in total. The molecule has 1 amide bonds. The first-order chi connectivity index (χ1) is 11.0. The Bertz CT molecular complexity index is 610. The molecule has 0 bridgehead atoms. The van der Waals surface area contributed by atoms with E-state index in [0.29, 0.717) is 26.1 Å². The van der Waals surface area contributed by atoms with Crippen LogP contribution < -0.4 is 0 Å². The molecule has 0 saturated carbocycles. The van der Waals surface area contributed by atoms with E-state index in [4.69, 9.17) is 0 Å². The van der Waals surface area contributed by atoms with Crippen molar-refractivity contribution in [3.05, 3.63) is 30.3 Å². The van der Waals surface area contributed by atoms with Crippen LogP contribution in [0.15, 0.2) is 35.2 Å². The van der Waals surface area contributed by atoms with Crippen molar-refractivity contribution in [2.75, 3.05) is 19.6 Å². The van der Waals surface area contributed by atoms with Gasteiger partial charge in [0.05, 0.1) is 4.90 Å². The maximum atomic E-state index is 12.8. The highest BCUT2D eigenvalue weighted by Crippen LogP contribution is 2.27. The van der Waals surface area contributed by atoms with Crippen molar-refractivity contribution in [1.29, 1.82) is 0 Å². The second-order valence-electron chi connectivity index (χ2n) is 5.91. The van der Waals surface area contributed by atoms with E-state index in [1.165, 1.54) is 4.31 Å². The van der Waals surface area contributed by atoms with Crippen molar-refractivity contribution in [2.24, 2.45) is 0 Å². The molecule has 1 fully saturated rings. The molecule has 0 radical (unpaired) electrons. The zero-order valence-corrected chi connectivity index (χ0v) is 14.8. The third-order valence-electron chi connectivity index (χ3n) is 4.14. The number of benzene rings is 1.